The summed E-state index contributed by atoms with van der Waals surface area (Å²) in [6.07, 6.45) is 1.43. The van der Waals surface area contributed by atoms with Crippen molar-refractivity contribution in [3.63, 3.8) is 0 Å². The molecule has 6 nitrogen and oxygen atoms in total. The van der Waals surface area contributed by atoms with Crippen molar-refractivity contribution in [3.8, 4) is 11.1 Å². The molecule has 0 bridgehead atoms. The average molecular weight is 592 g/mol. The molecule has 1 unspecified atom stereocenters. The van der Waals surface area contributed by atoms with Crippen LogP contribution in [0.4, 0.5) is 13.2 Å². The van der Waals surface area contributed by atoms with Crippen molar-refractivity contribution in [2.75, 3.05) is 6.54 Å². The van der Waals surface area contributed by atoms with Crippen LogP contribution >= 0.6 is 11.8 Å². The van der Waals surface area contributed by atoms with Crippen molar-refractivity contribution in [3.05, 3.63) is 117 Å². The number of benzene rings is 3. The molecule has 0 spiro atoms. The number of alkyl halides is 3. The van der Waals surface area contributed by atoms with Crippen LogP contribution in [-0.2, 0) is 23.2 Å². The van der Waals surface area contributed by atoms with Crippen LogP contribution in [0.3, 0.4) is 0 Å². The molecule has 216 valence electrons. The summed E-state index contributed by atoms with van der Waals surface area (Å²) in [6, 6.07) is 22.6. The monoisotopic (exact) mass is 591 g/mol. The highest BCUT2D eigenvalue weighted by atomic mass is 32.2. The van der Waals surface area contributed by atoms with Gasteiger partial charge in [-0.15, -0.1) is 0 Å². The first-order chi connectivity index (χ1) is 20.1. The highest BCUT2D eigenvalue weighted by Crippen LogP contribution is 2.52. The Morgan fingerprint density at radius 3 is 2.43 bits per heavy atom. The lowest BCUT2D eigenvalue weighted by Crippen LogP contribution is -2.36. The van der Waals surface area contributed by atoms with Gasteiger partial charge in [-0.2, -0.15) is 13.2 Å². The maximum atomic E-state index is 13.5. The van der Waals surface area contributed by atoms with Gasteiger partial charge in [0.15, 0.2) is 6.10 Å². The Hall–Kier alpha value is -3.89. The third kappa shape index (κ3) is 5.73. The fourth-order valence-corrected chi connectivity index (χ4v) is 6.26. The Balaban J connectivity index is 1.22. The molecular formula is C32H28F3N3O3S. The van der Waals surface area contributed by atoms with E-state index in [1.165, 1.54) is 23.1 Å². The molecule has 1 aliphatic carbocycles. The smallest absolute Gasteiger partial charge is 0.378 e. The molecule has 1 atom stereocenters. The molecule has 2 heterocycles. The van der Waals surface area contributed by atoms with E-state index in [1.54, 1.807) is 30.3 Å². The number of hydrogen-bond acceptors (Lipinski definition) is 5. The largest absolute Gasteiger partial charge is 0.446 e. The Morgan fingerprint density at radius 2 is 1.71 bits per heavy atom. The Labute approximate surface area is 244 Å². The number of amides is 1. The predicted molar refractivity (Wildman–Crippen MR) is 154 cm³/mol. The van der Waals surface area contributed by atoms with Gasteiger partial charge >= 0.3 is 5.51 Å². The maximum absolute atomic E-state index is 13.5. The van der Waals surface area contributed by atoms with Crippen molar-refractivity contribution in [2.45, 2.75) is 54.2 Å². The molecule has 2 aliphatic rings. The van der Waals surface area contributed by atoms with Gasteiger partial charge in [-0.05, 0) is 77.9 Å². The number of nitrogens with one attached hydrogen (secondary N) is 1. The fraction of sp³-hybridized carbons (Fsp3) is 0.281. The van der Waals surface area contributed by atoms with Crippen molar-refractivity contribution >= 4 is 17.7 Å². The third-order valence-electron chi connectivity index (χ3n) is 7.97. The zero-order valence-corrected chi connectivity index (χ0v) is 23.3. The van der Waals surface area contributed by atoms with Crippen molar-refractivity contribution in [2.24, 2.45) is 0 Å². The van der Waals surface area contributed by atoms with E-state index >= 15 is 0 Å². The summed E-state index contributed by atoms with van der Waals surface area (Å²) in [5, 5.41) is 11.1. The lowest BCUT2D eigenvalue weighted by Gasteiger charge is -2.24. The topological polar surface area (TPSA) is 86.3 Å². The molecule has 0 saturated heterocycles. The summed E-state index contributed by atoms with van der Waals surface area (Å²) in [6.45, 7) is 0.379. The minimum Gasteiger partial charge on any atom is -0.378 e. The summed E-state index contributed by atoms with van der Waals surface area (Å²) in [5.41, 5.74) is -1.32. The molecule has 1 amide bonds. The first-order valence-electron chi connectivity index (χ1n) is 13.7. The summed E-state index contributed by atoms with van der Waals surface area (Å²) in [4.78, 5) is 36.2. The highest BCUT2D eigenvalue weighted by Gasteiger charge is 2.48. The van der Waals surface area contributed by atoms with E-state index in [4.69, 9.17) is 4.98 Å². The second-order valence-electron chi connectivity index (χ2n) is 10.8. The minimum absolute atomic E-state index is 0.0303. The summed E-state index contributed by atoms with van der Waals surface area (Å²) in [7, 11) is 0. The van der Waals surface area contributed by atoms with Gasteiger partial charge in [-0.1, -0.05) is 60.7 Å². The van der Waals surface area contributed by atoms with Crippen LogP contribution in [0.25, 0.3) is 11.1 Å². The van der Waals surface area contributed by atoms with E-state index in [1.807, 2.05) is 30.3 Å². The number of hydrogen-bond donors (Lipinski definition) is 2. The number of aromatic nitrogens is 2. The van der Waals surface area contributed by atoms with E-state index in [0.29, 0.717) is 53.2 Å². The SMILES string of the molecule is O=C(C(O)c1cccc(-c2cccc(SC(F)(F)F)c2)c1)N1CCCc2nc(C3(c4ccccc4)CC3)[nH]c(=O)c2C1. The molecule has 3 aromatic carbocycles. The van der Waals surface area contributed by atoms with Crippen molar-refractivity contribution in [1.82, 2.24) is 14.9 Å². The molecule has 4 aromatic rings. The number of aliphatic hydroxyl groups is 1. The van der Waals surface area contributed by atoms with E-state index < -0.39 is 17.5 Å². The number of aryl methyl sites for hydroxylation is 1. The Bertz CT molecular complexity index is 1690. The molecular weight excluding hydrogens is 563 g/mol. The van der Waals surface area contributed by atoms with Crippen LogP contribution < -0.4 is 5.56 Å². The number of aliphatic hydroxyl groups excluding tert-OH is 1. The minimum atomic E-state index is -4.41. The number of rotatable bonds is 6. The fourth-order valence-electron chi connectivity index (χ4n) is 5.66. The standard InChI is InChI=1S/C32H28F3N3O3S/c33-32(34,35)42-24-12-5-8-21(18-24)20-7-4-9-22(17-20)27(39)29(41)38-16-6-13-26-25(19-38)28(40)37-30(36-26)31(14-15-31)23-10-2-1-3-11-23/h1-5,7-12,17-18,27,39H,6,13-16,19H2,(H,36,37,40). The molecule has 6 rings (SSSR count). The second kappa shape index (κ2) is 11.1. The number of H-pyrrole nitrogens is 1. The van der Waals surface area contributed by atoms with Crippen LogP contribution in [-0.4, -0.2) is 37.9 Å². The van der Waals surface area contributed by atoms with Gasteiger partial charge < -0.3 is 15.0 Å². The molecule has 1 fully saturated rings. The van der Waals surface area contributed by atoms with Crippen LogP contribution in [0.2, 0.25) is 0 Å². The van der Waals surface area contributed by atoms with E-state index in [9.17, 15) is 27.9 Å². The maximum Gasteiger partial charge on any atom is 0.446 e. The lowest BCUT2D eigenvalue weighted by molar-refractivity contribution is -0.141. The molecule has 1 saturated carbocycles. The van der Waals surface area contributed by atoms with Gasteiger partial charge in [-0.3, -0.25) is 9.59 Å². The van der Waals surface area contributed by atoms with E-state index in [0.717, 1.165) is 18.4 Å². The Morgan fingerprint density at radius 1 is 1.00 bits per heavy atom. The van der Waals surface area contributed by atoms with Gasteiger partial charge in [-0.25, -0.2) is 4.98 Å². The number of carbonyl (C=O) groups is 1. The third-order valence-corrected chi connectivity index (χ3v) is 8.69. The average Bonchev–Trinajstić information content (AvgIpc) is 3.81. The zero-order valence-electron chi connectivity index (χ0n) is 22.5. The zero-order chi connectivity index (χ0) is 29.5. The van der Waals surface area contributed by atoms with Crippen LogP contribution in [0, 0.1) is 0 Å². The highest BCUT2D eigenvalue weighted by molar-refractivity contribution is 8.00. The lowest BCUT2D eigenvalue weighted by atomic mass is 9.94. The summed E-state index contributed by atoms with van der Waals surface area (Å²) in [5.74, 6) is 0.111. The van der Waals surface area contributed by atoms with Gasteiger partial charge in [0.05, 0.1) is 23.2 Å². The van der Waals surface area contributed by atoms with Gasteiger partial charge in [0.1, 0.15) is 5.82 Å². The van der Waals surface area contributed by atoms with Crippen LogP contribution in [0.5, 0.6) is 0 Å². The molecule has 2 N–H and O–H groups in total. The molecule has 1 aromatic heterocycles. The van der Waals surface area contributed by atoms with E-state index in [2.05, 4.69) is 4.98 Å². The second-order valence-corrected chi connectivity index (χ2v) is 11.9. The van der Waals surface area contributed by atoms with Crippen LogP contribution in [0.1, 0.15) is 53.6 Å². The number of halogens is 3. The number of thioether (sulfide) groups is 1. The number of fused-ring (bicyclic) bond motifs is 1. The number of aromatic amines is 1. The molecule has 0 radical (unpaired) electrons. The quantitative estimate of drug-likeness (QED) is 0.263. The van der Waals surface area contributed by atoms with Crippen LogP contribution in [0.15, 0.2) is 88.6 Å². The molecule has 1 aliphatic heterocycles. The normalized spacial score (nSPS) is 16.8. The van der Waals surface area contributed by atoms with E-state index in [-0.39, 0.29) is 34.2 Å². The number of carbonyl (C=O) groups excluding carboxylic acids is 1. The molecule has 10 heteroatoms. The van der Waals surface area contributed by atoms with Gasteiger partial charge in [0.2, 0.25) is 0 Å². The summed E-state index contributed by atoms with van der Waals surface area (Å²) >= 11 is -0.198. The summed E-state index contributed by atoms with van der Waals surface area (Å²) < 4.78 is 38.6. The Kier molecular flexibility index (Phi) is 7.44. The van der Waals surface area contributed by atoms with Gasteiger partial charge in [0, 0.05) is 11.4 Å². The first kappa shape index (κ1) is 28.2. The van der Waals surface area contributed by atoms with Crippen molar-refractivity contribution < 1.29 is 23.1 Å². The predicted octanol–water partition coefficient (Wildman–Crippen LogP) is 6.14. The number of nitrogens with zero attached hydrogens (tertiary/aromatic N) is 2. The van der Waals surface area contributed by atoms with Gasteiger partial charge in [0.25, 0.3) is 11.5 Å². The van der Waals surface area contributed by atoms with Crippen molar-refractivity contribution in [1.29, 1.82) is 0 Å². The molecule has 42 heavy (non-hydrogen) atoms. The first-order valence-corrected chi connectivity index (χ1v) is 14.6.